The lowest BCUT2D eigenvalue weighted by molar-refractivity contribution is -0.138. The fraction of sp³-hybridized carbons (Fsp3) is 0.300. The van der Waals surface area contributed by atoms with Crippen LogP contribution in [0.25, 0.3) is 11.1 Å². The maximum absolute atomic E-state index is 13.4. The summed E-state index contributed by atoms with van der Waals surface area (Å²) in [4.78, 5) is 25.3. The number of carboxylic acid groups (broad SMARTS) is 1. The van der Waals surface area contributed by atoms with Gasteiger partial charge in [-0.2, -0.15) is 0 Å². The summed E-state index contributed by atoms with van der Waals surface area (Å²) in [7, 11) is 1.51. The van der Waals surface area contributed by atoms with Crippen molar-refractivity contribution in [3.8, 4) is 11.1 Å². The molecule has 1 fully saturated rings. The lowest BCUT2D eigenvalue weighted by Gasteiger charge is -2.23. The number of ether oxygens (including phenoxy) is 1. The van der Waals surface area contributed by atoms with Gasteiger partial charge in [-0.05, 0) is 41.8 Å². The molecule has 148 valence electrons. The third kappa shape index (κ3) is 4.01. The number of methoxy groups -OCH3 is 1. The van der Waals surface area contributed by atoms with Gasteiger partial charge in [-0.3, -0.25) is 9.59 Å². The Hall–Kier alpha value is -2.87. The van der Waals surface area contributed by atoms with Gasteiger partial charge in [-0.25, -0.2) is 13.2 Å². The van der Waals surface area contributed by atoms with Crippen LogP contribution in [0.5, 0.6) is 0 Å². The van der Waals surface area contributed by atoms with E-state index in [2.05, 4.69) is 0 Å². The van der Waals surface area contributed by atoms with Crippen LogP contribution in [-0.4, -0.2) is 47.7 Å². The molecule has 1 aliphatic heterocycles. The van der Waals surface area contributed by atoms with Crippen LogP contribution in [0.3, 0.4) is 0 Å². The number of amides is 1. The number of halogens is 3. The predicted octanol–water partition coefficient (Wildman–Crippen LogP) is 3.48. The zero-order chi connectivity index (χ0) is 20.4. The van der Waals surface area contributed by atoms with E-state index in [1.54, 1.807) is 0 Å². The Labute approximate surface area is 159 Å². The largest absolute Gasteiger partial charge is 0.481 e. The lowest BCUT2D eigenvalue weighted by Crippen LogP contribution is -2.37. The smallest absolute Gasteiger partial charge is 0.305 e. The molecular weight excluding hydrogens is 375 g/mol. The van der Waals surface area contributed by atoms with Crippen LogP contribution in [0, 0.1) is 17.5 Å². The molecule has 2 aromatic rings. The Bertz CT molecular complexity index is 878. The van der Waals surface area contributed by atoms with Crippen LogP contribution in [0.15, 0.2) is 36.4 Å². The summed E-state index contributed by atoms with van der Waals surface area (Å²) in [5.41, 5.74) is 0.853. The van der Waals surface area contributed by atoms with Crippen LogP contribution in [0.1, 0.15) is 23.2 Å². The summed E-state index contributed by atoms with van der Waals surface area (Å²) < 4.78 is 45.2. The zero-order valence-corrected chi connectivity index (χ0v) is 15.0. The first-order valence-corrected chi connectivity index (χ1v) is 8.60. The van der Waals surface area contributed by atoms with E-state index in [0.29, 0.717) is 17.5 Å². The second-order valence-electron chi connectivity index (χ2n) is 6.63. The molecule has 1 aliphatic rings. The molecular formula is C20H18F3NO4. The Morgan fingerprint density at radius 3 is 2.25 bits per heavy atom. The highest BCUT2D eigenvalue weighted by Crippen LogP contribution is 2.27. The first-order valence-electron chi connectivity index (χ1n) is 8.60. The second-order valence-corrected chi connectivity index (χ2v) is 6.63. The van der Waals surface area contributed by atoms with E-state index in [9.17, 15) is 22.8 Å². The van der Waals surface area contributed by atoms with Gasteiger partial charge in [-0.15, -0.1) is 0 Å². The van der Waals surface area contributed by atoms with E-state index in [1.165, 1.54) is 36.3 Å². The molecule has 28 heavy (non-hydrogen) atoms. The minimum Gasteiger partial charge on any atom is -0.481 e. The molecule has 5 nitrogen and oxygen atoms in total. The van der Waals surface area contributed by atoms with Gasteiger partial charge < -0.3 is 14.7 Å². The van der Waals surface area contributed by atoms with Crippen molar-refractivity contribution >= 4 is 11.9 Å². The van der Waals surface area contributed by atoms with Crippen molar-refractivity contribution in [2.45, 2.75) is 25.0 Å². The molecule has 0 aromatic heterocycles. The number of carbonyl (C=O) groups is 2. The van der Waals surface area contributed by atoms with Crippen molar-refractivity contribution in [3.63, 3.8) is 0 Å². The molecule has 0 aliphatic carbocycles. The summed E-state index contributed by atoms with van der Waals surface area (Å²) in [6.45, 7) is 0.281. The van der Waals surface area contributed by atoms with Crippen molar-refractivity contribution in [1.82, 2.24) is 4.90 Å². The van der Waals surface area contributed by atoms with Crippen LogP contribution in [-0.2, 0) is 9.53 Å². The fourth-order valence-corrected chi connectivity index (χ4v) is 3.38. The van der Waals surface area contributed by atoms with Gasteiger partial charge in [0.25, 0.3) is 5.91 Å². The van der Waals surface area contributed by atoms with Gasteiger partial charge in [0.05, 0.1) is 12.5 Å². The van der Waals surface area contributed by atoms with Crippen molar-refractivity contribution < 1.29 is 32.6 Å². The molecule has 1 heterocycles. The average molecular weight is 393 g/mol. The number of aliphatic carboxylic acids is 1. The molecule has 1 amide bonds. The molecule has 2 atom stereocenters. The maximum atomic E-state index is 13.4. The van der Waals surface area contributed by atoms with E-state index in [1.807, 2.05) is 0 Å². The average Bonchev–Trinajstić information content (AvgIpc) is 3.07. The Morgan fingerprint density at radius 1 is 1.11 bits per heavy atom. The third-order valence-corrected chi connectivity index (χ3v) is 4.83. The Morgan fingerprint density at radius 2 is 1.71 bits per heavy atom. The molecule has 8 heteroatoms. The Kier molecular flexibility index (Phi) is 5.69. The molecule has 2 unspecified atom stereocenters. The van der Waals surface area contributed by atoms with E-state index in [4.69, 9.17) is 9.84 Å². The molecule has 3 rings (SSSR count). The van der Waals surface area contributed by atoms with E-state index in [-0.39, 0.29) is 30.5 Å². The highest BCUT2D eigenvalue weighted by Gasteiger charge is 2.36. The number of hydrogen-bond donors (Lipinski definition) is 1. The maximum Gasteiger partial charge on any atom is 0.305 e. The Balaban J connectivity index is 1.82. The summed E-state index contributed by atoms with van der Waals surface area (Å²) >= 11 is 0. The van der Waals surface area contributed by atoms with Gasteiger partial charge in [0.2, 0.25) is 0 Å². The molecule has 0 saturated carbocycles. The first kappa shape index (κ1) is 19.9. The van der Waals surface area contributed by atoms with Gasteiger partial charge in [0.15, 0.2) is 17.5 Å². The van der Waals surface area contributed by atoms with Gasteiger partial charge >= 0.3 is 5.97 Å². The minimum atomic E-state index is -1.54. The first-order chi connectivity index (χ1) is 13.3. The highest BCUT2D eigenvalue weighted by atomic mass is 19.2. The lowest BCUT2D eigenvalue weighted by atomic mass is 10.0. The predicted molar refractivity (Wildman–Crippen MR) is 94.2 cm³/mol. The number of carbonyl (C=O) groups excluding carboxylic acids is 1. The quantitative estimate of drug-likeness (QED) is 0.790. The molecule has 0 bridgehead atoms. The van der Waals surface area contributed by atoms with Crippen molar-refractivity contribution in [1.29, 1.82) is 0 Å². The SMILES string of the molecule is COC1CC(CC(=O)O)N(C(=O)c2ccc(-c3cc(F)c(F)c(F)c3)cc2)C1. The number of nitrogens with zero attached hydrogens (tertiary/aromatic N) is 1. The number of carboxylic acids is 1. The van der Waals surface area contributed by atoms with Gasteiger partial charge in [0, 0.05) is 25.3 Å². The summed E-state index contributed by atoms with van der Waals surface area (Å²) in [5.74, 6) is -5.49. The molecule has 1 N–H and O–H groups in total. The molecule has 0 radical (unpaired) electrons. The van der Waals surface area contributed by atoms with Crippen LogP contribution in [0.2, 0.25) is 0 Å². The van der Waals surface area contributed by atoms with Crippen molar-refractivity contribution in [2.75, 3.05) is 13.7 Å². The topological polar surface area (TPSA) is 66.8 Å². The number of hydrogen-bond acceptors (Lipinski definition) is 3. The van der Waals surface area contributed by atoms with Crippen LogP contribution >= 0.6 is 0 Å². The molecule has 1 saturated heterocycles. The van der Waals surface area contributed by atoms with Crippen molar-refractivity contribution in [2.24, 2.45) is 0 Å². The van der Waals surface area contributed by atoms with Gasteiger partial charge in [0.1, 0.15) is 0 Å². The molecule has 2 aromatic carbocycles. The highest BCUT2D eigenvalue weighted by molar-refractivity contribution is 5.95. The number of rotatable bonds is 5. The van der Waals surface area contributed by atoms with Crippen LogP contribution in [0.4, 0.5) is 13.2 Å². The zero-order valence-electron chi connectivity index (χ0n) is 15.0. The summed E-state index contributed by atoms with van der Waals surface area (Å²) in [6.07, 6.45) is 0.0104. The number of likely N-dealkylation sites (tertiary alicyclic amines) is 1. The minimum absolute atomic E-state index is 0.139. The van der Waals surface area contributed by atoms with Crippen LogP contribution < -0.4 is 0 Å². The third-order valence-electron chi connectivity index (χ3n) is 4.83. The monoisotopic (exact) mass is 393 g/mol. The van der Waals surface area contributed by atoms with Gasteiger partial charge in [-0.1, -0.05) is 12.1 Å². The van der Waals surface area contributed by atoms with E-state index in [0.717, 1.165) is 12.1 Å². The fourth-order valence-electron chi connectivity index (χ4n) is 3.38. The second kappa shape index (κ2) is 8.02. The normalized spacial score (nSPS) is 19.1. The van der Waals surface area contributed by atoms with E-state index < -0.39 is 29.5 Å². The summed E-state index contributed by atoms with van der Waals surface area (Å²) in [6, 6.07) is 7.23. The number of benzene rings is 2. The van der Waals surface area contributed by atoms with Crippen molar-refractivity contribution in [3.05, 3.63) is 59.4 Å². The summed E-state index contributed by atoms with van der Waals surface area (Å²) in [5, 5.41) is 9.06. The standard InChI is InChI=1S/C20H18F3NO4/c1-28-15-8-14(9-18(25)26)24(10-15)20(27)12-4-2-11(3-5-12)13-6-16(21)19(23)17(22)7-13/h2-7,14-15H,8-10H2,1H3,(H,25,26). The van der Waals surface area contributed by atoms with E-state index >= 15 is 0 Å². The molecule has 0 spiro atoms.